The number of carbonyl (C=O) groups excluding carboxylic acids is 3. The summed E-state index contributed by atoms with van der Waals surface area (Å²) in [4.78, 5) is 34.3. The first kappa shape index (κ1) is 16.5. The van der Waals surface area contributed by atoms with E-state index in [4.69, 9.17) is 4.74 Å². The van der Waals surface area contributed by atoms with Crippen LogP contribution >= 0.6 is 0 Å². The van der Waals surface area contributed by atoms with E-state index in [2.05, 4.69) is 5.32 Å². The summed E-state index contributed by atoms with van der Waals surface area (Å²) in [6, 6.07) is 3.80. The van der Waals surface area contributed by atoms with Crippen LogP contribution < -0.4 is 10.6 Å². The monoisotopic (exact) mass is 294 g/mol. The van der Waals surface area contributed by atoms with Crippen LogP contribution in [-0.4, -0.2) is 36.2 Å². The summed E-state index contributed by atoms with van der Waals surface area (Å²) in [7, 11) is 0. The smallest absolute Gasteiger partial charge is 0.342 e. The fourth-order valence-electron chi connectivity index (χ4n) is 1.47. The van der Waals surface area contributed by atoms with Crippen molar-refractivity contribution in [1.82, 2.24) is 10.6 Å². The van der Waals surface area contributed by atoms with Crippen LogP contribution in [0, 0.1) is 6.92 Å². The summed E-state index contributed by atoms with van der Waals surface area (Å²) in [5, 5.41) is 14.1. The third-order valence-electron chi connectivity index (χ3n) is 2.50. The van der Waals surface area contributed by atoms with Gasteiger partial charge in [0.2, 0.25) is 0 Å². The highest BCUT2D eigenvalue weighted by molar-refractivity contribution is 5.97. The fourth-order valence-corrected chi connectivity index (χ4v) is 1.47. The lowest BCUT2D eigenvalue weighted by atomic mass is 10.1. The van der Waals surface area contributed by atoms with Gasteiger partial charge in [-0.05, 0) is 31.0 Å². The molecule has 7 nitrogen and oxygen atoms in total. The Morgan fingerprint density at radius 1 is 1.29 bits per heavy atom. The van der Waals surface area contributed by atoms with Crippen molar-refractivity contribution < 1.29 is 24.2 Å². The quantitative estimate of drug-likeness (QED) is 0.705. The number of imide groups is 1. The molecule has 114 valence electrons. The normalized spacial score (nSPS) is 9.81. The summed E-state index contributed by atoms with van der Waals surface area (Å²) >= 11 is 0. The number of ether oxygens (including phenoxy) is 1. The van der Waals surface area contributed by atoms with E-state index in [1.54, 1.807) is 13.0 Å². The Morgan fingerprint density at radius 3 is 2.62 bits per heavy atom. The largest absolute Gasteiger partial charge is 0.507 e. The second-order valence-electron chi connectivity index (χ2n) is 4.40. The molecule has 0 bridgehead atoms. The summed E-state index contributed by atoms with van der Waals surface area (Å²) in [5.74, 6) is -1.80. The van der Waals surface area contributed by atoms with E-state index in [0.717, 1.165) is 12.0 Å². The molecule has 0 aliphatic carbocycles. The highest BCUT2D eigenvalue weighted by Gasteiger charge is 2.15. The molecule has 21 heavy (non-hydrogen) atoms. The highest BCUT2D eigenvalue weighted by Crippen LogP contribution is 2.19. The maximum atomic E-state index is 11.7. The zero-order valence-electron chi connectivity index (χ0n) is 11.9. The molecule has 0 fully saturated rings. The summed E-state index contributed by atoms with van der Waals surface area (Å²) in [6.45, 7) is 3.47. The molecule has 0 heterocycles. The van der Waals surface area contributed by atoms with Crippen LogP contribution in [0.1, 0.15) is 29.3 Å². The van der Waals surface area contributed by atoms with E-state index >= 15 is 0 Å². The number of hydrogen-bond acceptors (Lipinski definition) is 5. The van der Waals surface area contributed by atoms with Crippen LogP contribution in [0.4, 0.5) is 4.79 Å². The van der Waals surface area contributed by atoms with Gasteiger partial charge in [0.15, 0.2) is 6.61 Å². The molecule has 0 aromatic heterocycles. The molecule has 0 unspecified atom stereocenters. The third-order valence-corrected chi connectivity index (χ3v) is 2.50. The van der Waals surface area contributed by atoms with E-state index in [0.29, 0.717) is 6.54 Å². The van der Waals surface area contributed by atoms with Crippen LogP contribution in [0.2, 0.25) is 0 Å². The Labute approximate surface area is 122 Å². The first-order valence-corrected chi connectivity index (χ1v) is 6.48. The van der Waals surface area contributed by atoms with Crippen LogP contribution in [0.15, 0.2) is 18.2 Å². The predicted octanol–water partition coefficient (Wildman–Crippen LogP) is 1.09. The Hall–Kier alpha value is -2.57. The van der Waals surface area contributed by atoms with Crippen LogP contribution in [0.3, 0.4) is 0 Å². The van der Waals surface area contributed by atoms with E-state index in [1.165, 1.54) is 12.1 Å². The number of aryl methyl sites for hydroxylation is 1. The van der Waals surface area contributed by atoms with Crippen molar-refractivity contribution in [2.75, 3.05) is 13.2 Å². The molecule has 1 aromatic carbocycles. The zero-order valence-corrected chi connectivity index (χ0v) is 11.9. The second kappa shape index (κ2) is 7.88. The van der Waals surface area contributed by atoms with Crippen molar-refractivity contribution >= 4 is 17.9 Å². The number of esters is 1. The number of hydrogen-bond donors (Lipinski definition) is 3. The van der Waals surface area contributed by atoms with E-state index in [9.17, 15) is 19.5 Å². The summed E-state index contributed by atoms with van der Waals surface area (Å²) in [5.41, 5.74) is 0.748. The van der Waals surface area contributed by atoms with Gasteiger partial charge in [-0.25, -0.2) is 9.59 Å². The maximum absolute atomic E-state index is 11.7. The molecule has 0 aliphatic rings. The molecule has 1 rings (SSSR count). The van der Waals surface area contributed by atoms with Crippen LogP contribution in [-0.2, 0) is 9.53 Å². The third kappa shape index (κ3) is 5.52. The number of urea groups is 1. The van der Waals surface area contributed by atoms with Gasteiger partial charge in [0.1, 0.15) is 11.3 Å². The molecule has 0 aliphatic heterocycles. The standard InChI is InChI=1S/C14H18N2O5/c1-3-6-15-14(20)16-12(18)8-21-13(19)10-5-4-9(2)7-11(10)17/h4-5,7,17H,3,6,8H2,1-2H3,(H2,15,16,18,20). The number of carbonyl (C=O) groups is 3. The molecule has 3 N–H and O–H groups in total. The van der Waals surface area contributed by atoms with Crippen LogP contribution in [0.25, 0.3) is 0 Å². The summed E-state index contributed by atoms with van der Waals surface area (Å²) in [6.07, 6.45) is 0.739. The number of phenolic OH excluding ortho intramolecular Hbond substituents is 1. The van der Waals surface area contributed by atoms with E-state index in [1.807, 2.05) is 12.2 Å². The minimum absolute atomic E-state index is 0.0381. The molecule has 0 spiro atoms. The highest BCUT2D eigenvalue weighted by atomic mass is 16.5. The average molecular weight is 294 g/mol. The lowest BCUT2D eigenvalue weighted by Crippen LogP contribution is -2.41. The summed E-state index contributed by atoms with van der Waals surface area (Å²) < 4.78 is 4.72. The molecular weight excluding hydrogens is 276 g/mol. The molecule has 0 radical (unpaired) electrons. The van der Waals surface area contributed by atoms with E-state index in [-0.39, 0.29) is 11.3 Å². The number of aromatic hydroxyl groups is 1. The fraction of sp³-hybridized carbons (Fsp3) is 0.357. The minimum atomic E-state index is -0.836. The number of rotatable bonds is 5. The van der Waals surface area contributed by atoms with Gasteiger partial charge in [0.25, 0.3) is 5.91 Å². The minimum Gasteiger partial charge on any atom is -0.507 e. The van der Waals surface area contributed by atoms with Gasteiger partial charge in [-0.2, -0.15) is 0 Å². The lowest BCUT2D eigenvalue weighted by molar-refractivity contribution is -0.123. The second-order valence-corrected chi connectivity index (χ2v) is 4.40. The Bertz CT molecular complexity index is 542. The van der Waals surface area contributed by atoms with Crippen molar-refractivity contribution in [3.8, 4) is 5.75 Å². The lowest BCUT2D eigenvalue weighted by Gasteiger charge is -2.08. The van der Waals surface area contributed by atoms with Gasteiger partial charge in [0.05, 0.1) is 0 Å². The topological polar surface area (TPSA) is 105 Å². The first-order chi connectivity index (χ1) is 9.93. The number of benzene rings is 1. The van der Waals surface area contributed by atoms with Gasteiger partial charge in [-0.1, -0.05) is 13.0 Å². The van der Waals surface area contributed by atoms with E-state index < -0.39 is 24.5 Å². The first-order valence-electron chi connectivity index (χ1n) is 6.48. The van der Waals surface area contributed by atoms with Gasteiger partial charge in [0, 0.05) is 6.54 Å². The van der Waals surface area contributed by atoms with Crippen molar-refractivity contribution in [2.45, 2.75) is 20.3 Å². The molecule has 0 atom stereocenters. The van der Waals surface area contributed by atoms with Crippen molar-refractivity contribution in [2.24, 2.45) is 0 Å². The molecule has 7 heteroatoms. The Kier molecular flexibility index (Phi) is 6.19. The number of amides is 3. The van der Waals surface area contributed by atoms with Crippen LogP contribution in [0.5, 0.6) is 5.75 Å². The molecular formula is C14H18N2O5. The number of phenols is 1. The van der Waals surface area contributed by atoms with Crippen molar-refractivity contribution in [3.05, 3.63) is 29.3 Å². The maximum Gasteiger partial charge on any atom is 0.342 e. The van der Waals surface area contributed by atoms with Gasteiger partial charge >= 0.3 is 12.0 Å². The van der Waals surface area contributed by atoms with Crippen molar-refractivity contribution in [1.29, 1.82) is 0 Å². The molecule has 0 saturated heterocycles. The SMILES string of the molecule is CCCNC(=O)NC(=O)COC(=O)c1ccc(C)cc1O. The predicted molar refractivity (Wildman–Crippen MR) is 75.0 cm³/mol. The van der Waals surface area contributed by atoms with Gasteiger partial charge in [-0.15, -0.1) is 0 Å². The van der Waals surface area contributed by atoms with Gasteiger partial charge in [-0.3, -0.25) is 10.1 Å². The molecule has 0 saturated carbocycles. The Balaban J connectivity index is 2.45. The zero-order chi connectivity index (χ0) is 15.8. The number of nitrogens with one attached hydrogen (secondary N) is 2. The average Bonchev–Trinajstić information content (AvgIpc) is 2.42. The molecule has 1 aromatic rings. The van der Waals surface area contributed by atoms with Crippen molar-refractivity contribution in [3.63, 3.8) is 0 Å². The molecule has 3 amide bonds. The Morgan fingerprint density at radius 2 is 2.00 bits per heavy atom. The van der Waals surface area contributed by atoms with Gasteiger partial charge < -0.3 is 15.2 Å².